The van der Waals surface area contributed by atoms with Crippen LogP contribution in [0, 0.1) is 0 Å². The number of para-hydroxylation sites is 1. The van der Waals surface area contributed by atoms with Crippen LogP contribution < -0.4 is 5.32 Å². The summed E-state index contributed by atoms with van der Waals surface area (Å²) >= 11 is 1.48. The molecule has 0 saturated heterocycles. The van der Waals surface area contributed by atoms with Crippen LogP contribution in [0.4, 0.5) is 5.69 Å². The number of anilines is 1. The van der Waals surface area contributed by atoms with Crippen LogP contribution in [0.15, 0.2) is 24.3 Å². The lowest BCUT2D eigenvalue weighted by Gasteiger charge is -2.14. The van der Waals surface area contributed by atoms with Gasteiger partial charge in [-0.05, 0) is 18.6 Å². The van der Waals surface area contributed by atoms with Crippen molar-refractivity contribution in [3.8, 4) is 0 Å². The molecule has 0 amide bonds. The van der Waals surface area contributed by atoms with Crippen LogP contribution in [0.25, 0.3) is 0 Å². The van der Waals surface area contributed by atoms with Crippen LogP contribution in [0.2, 0.25) is 0 Å². The fourth-order valence-electron chi connectivity index (χ4n) is 1.86. The number of thioether (sulfide) groups is 1. The Morgan fingerprint density at radius 2 is 2.27 bits per heavy atom. The minimum absolute atomic E-state index is 0.158. The molecule has 0 aliphatic carbocycles. The van der Waals surface area contributed by atoms with Gasteiger partial charge in [0.2, 0.25) is 0 Å². The summed E-state index contributed by atoms with van der Waals surface area (Å²) in [7, 11) is 0. The van der Waals surface area contributed by atoms with Gasteiger partial charge in [-0.25, -0.2) is 0 Å². The molecule has 0 fully saturated rings. The van der Waals surface area contributed by atoms with Gasteiger partial charge in [-0.2, -0.15) is 0 Å². The predicted molar refractivity (Wildman–Crippen MR) is 62.4 cm³/mol. The first-order chi connectivity index (χ1) is 7.18. The van der Waals surface area contributed by atoms with E-state index in [0.29, 0.717) is 6.04 Å². The predicted octanol–water partition coefficient (Wildman–Crippen LogP) is 2.36. The third-order valence-corrected chi connectivity index (χ3v) is 3.93. The quantitative estimate of drug-likeness (QED) is 0.826. The zero-order valence-electron chi connectivity index (χ0n) is 8.43. The molecule has 0 bridgehead atoms. The summed E-state index contributed by atoms with van der Waals surface area (Å²) in [6, 6.07) is 8.38. The number of benzene rings is 1. The van der Waals surface area contributed by atoms with Crippen LogP contribution in [0.5, 0.6) is 0 Å². The average Bonchev–Trinajstić information content (AvgIpc) is 2.50. The molecule has 2 atom stereocenters. The Hall–Kier alpha value is -1.16. The number of rotatable bonds is 3. The zero-order valence-corrected chi connectivity index (χ0v) is 9.25. The number of aliphatic carboxylic acids is 1. The third-order valence-electron chi connectivity index (χ3n) is 2.49. The second kappa shape index (κ2) is 4.14. The number of nitrogens with one attached hydrogen (secondary N) is 1. The standard InChI is InChI=1S/C11H13NO2S/c1-7-11(15-6-10(13)14)8-4-2-3-5-9(8)12-7/h2-5,7,11-12H,6H2,1H3,(H,13,14). The second-order valence-corrected chi connectivity index (χ2v) is 4.78. The molecule has 0 aromatic heterocycles. The van der Waals surface area contributed by atoms with Crippen molar-refractivity contribution in [2.24, 2.45) is 0 Å². The van der Waals surface area contributed by atoms with Gasteiger partial charge in [-0.3, -0.25) is 4.79 Å². The largest absolute Gasteiger partial charge is 0.481 e. The van der Waals surface area contributed by atoms with E-state index in [1.54, 1.807) is 0 Å². The minimum Gasteiger partial charge on any atom is -0.481 e. The van der Waals surface area contributed by atoms with Crippen LogP contribution in [-0.2, 0) is 4.79 Å². The normalized spacial score (nSPS) is 23.3. The molecule has 3 nitrogen and oxygen atoms in total. The van der Waals surface area contributed by atoms with Gasteiger partial charge >= 0.3 is 5.97 Å². The maximum absolute atomic E-state index is 10.5. The number of hydrogen-bond acceptors (Lipinski definition) is 3. The molecule has 1 heterocycles. The van der Waals surface area contributed by atoms with E-state index in [2.05, 4.69) is 18.3 Å². The van der Waals surface area contributed by atoms with Gasteiger partial charge in [0.15, 0.2) is 0 Å². The molecule has 1 aromatic carbocycles. The Balaban J connectivity index is 2.15. The van der Waals surface area contributed by atoms with E-state index in [9.17, 15) is 4.79 Å². The van der Waals surface area contributed by atoms with Gasteiger partial charge in [0, 0.05) is 11.7 Å². The van der Waals surface area contributed by atoms with Crippen LogP contribution in [0.3, 0.4) is 0 Å². The van der Waals surface area contributed by atoms with Crippen molar-refractivity contribution in [2.45, 2.75) is 18.2 Å². The number of hydrogen-bond donors (Lipinski definition) is 2. The number of fused-ring (bicyclic) bond motifs is 1. The Bertz CT molecular complexity index is 381. The summed E-state index contributed by atoms with van der Waals surface area (Å²) < 4.78 is 0. The fraction of sp³-hybridized carbons (Fsp3) is 0.364. The SMILES string of the molecule is CC1Nc2ccccc2C1SCC(=O)O. The lowest BCUT2D eigenvalue weighted by Crippen LogP contribution is -2.15. The molecule has 1 aliphatic rings. The van der Waals surface area contributed by atoms with E-state index >= 15 is 0 Å². The molecule has 0 spiro atoms. The summed E-state index contributed by atoms with van der Waals surface area (Å²) in [5.74, 6) is -0.595. The van der Waals surface area contributed by atoms with Crippen molar-refractivity contribution in [3.05, 3.63) is 29.8 Å². The number of carboxylic acids is 1. The highest BCUT2D eigenvalue weighted by atomic mass is 32.2. The zero-order chi connectivity index (χ0) is 10.8. The summed E-state index contributed by atoms with van der Waals surface area (Å²) in [5.41, 5.74) is 2.35. The van der Waals surface area contributed by atoms with Gasteiger partial charge in [0.1, 0.15) is 0 Å². The van der Waals surface area contributed by atoms with E-state index in [1.165, 1.54) is 17.3 Å². The maximum atomic E-state index is 10.5. The topological polar surface area (TPSA) is 49.3 Å². The van der Waals surface area contributed by atoms with Gasteiger partial charge in [0.05, 0.1) is 11.0 Å². The molecule has 2 rings (SSSR count). The van der Waals surface area contributed by atoms with E-state index in [1.807, 2.05) is 18.2 Å². The first kappa shape index (κ1) is 10.4. The van der Waals surface area contributed by atoms with Crippen LogP contribution >= 0.6 is 11.8 Å². The molecule has 1 aliphatic heterocycles. The van der Waals surface area contributed by atoms with Crippen molar-refractivity contribution in [3.63, 3.8) is 0 Å². The van der Waals surface area contributed by atoms with Crippen molar-refractivity contribution in [1.82, 2.24) is 0 Å². The molecule has 15 heavy (non-hydrogen) atoms. The molecule has 0 radical (unpaired) electrons. The lowest BCUT2D eigenvalue weighted by molar-refractivity contribution is -0.133. The van der Waals surface area contributed by atoms with Crippen LogP contribution in [0.1, 0.15) is 17.7 Å². The van der Waals surface area contributed by atoms with E-state index in [4.69, 9.17) is 5.11 Å². The number of carbonyl (C=O) groups is 1. The van der Waals surface area contributed by atoms with Crippen LogP contribution in [-0.4, -0.2) is 22.9 Å². The van der Waals surface area contributed by atoms with E-state index in [-0.39, 0.29) is 11.0 Å². The Morgan fingerprint density at radius 3 is 3.00 bits per heavy atom. The Morgan fingerprint density at radius 1 is 1.53 bits per heavy atom. The first-order valence-corrected chi connectivity index (χ1v) is 5.92. The summed E-state index contributed by atoms with van der Waals surface area (Å²) in [5, 5.41) is 12.3. The van der Waals surface area contributed by atoms with Gasteiger partial charge in [-0.15, -0.1) is 11.8 Å². The Kier molecular flexibility index (Phi) is 2.86. The lowest BCUT2D eigenvalue weighted by atomic mass is 10.1. The highest BCUT2D eigenvalue weighted by Crippen LogP contribution is 2.42. The second-order valence-electron chi connectivity index (χ2n) is 3.65. The minimum atomic E-state index is -0.753. The van der Waals surface area contributed by atoms with Crippen molar-refractivity contribution < 1.29 is 9.90 Å². The van der Waals surface area contributed by atoms with Crippen molar-refractivity contribution in [2.75, 3.05) is 11.1 Å². The maximum Gasteiger partial charge on any atom is 0.313 e. The molecule has 1 aromatic rings. The smallest absolute Gasteiger partial charge is 0.313 e. The number of carboxylic acid groups (broad SMARTS) is 1. The molecule has 0 saturated carbocycles. The average molecular weight is 223 g/mol. The summed E-state index contributed by atoms with van der Waals surface area (Å²) in [4.78, 5) is 10.5. The Labute approximate surface area is 92.9 Å². The molecule has 80 valence electrons. The monoisotopic (exact) mass is 223 g/mol. The van der Waals surface area contributed by atoms with Crippen molar-refractivity contribution in [1.29, 1.82) is 0 Å². The van der Waals surface area contributed by atoms with E-state index in [0.717, 1.165) is 5.69 Å². The molecular weight excluding hydrogens is 210 g/mol. The van der Waals surface area contributed by atoms with Gasteiger partial charge in [-0.1, -0.05) is 18.2 Å². The molecule has 2 unspecified atom stereocenters. The summed E-state index contributed by atoms with van der Waals surface area (Å²) in [6.07, 6.45) is 0. The third kappa shape index (κ3) is 2.09. The summed E-state index contributed by atoms with van der Waals surface area (Å²) in [6.45, 7) is 2.08. The highest BCUT2D eigenvalue weighted by molar-refractivity contribution is 8.00. The van der Waals surface area contributed by atoms with Crippen molar-refractivity contribution >= 4 is 23.4 Å². The fourth-order valence-corrected chi connectivity index (χ4v) is 2.93. The van der Waals surface area contributed by atoms with Gasteiger partial charge < -0.3 is 10.4 Å². The highest BCUT2D eigenvalue weighted by Gasteiger charge is 2.29. The van der Waals surface area contributed by atoms with E-state index < -0.39 is 5.97 Å². The molecular formula is C11H13NO2S. The van der Waals surface area contributed by atoms with Gasteiger partial charge in [0.25, 0.3) is 0 Å². The molecule has 4 heteroatoms. The first-order valence-electron chi connectivity index (χ1n) is 4.87. The molecule has 2 N–H and O–H groups in total.